The SMILES string of the molecule is CCc1cccc(C)c1NC(=O)C(C)c1ccc([N+](=O)[O-])cc1. The molecule has 0 radical (unpaired) electrons. The highest BCUT2D eigenvalue weighted by molar-refractivity contribution is 5.96. The van der Waals surface area contributed by atoms with Crippen LogP contribution in [0.15, 0.2) is 42.5 Å². The molecule has 5 nitrogen and oxygen atoms in total. The number of hydrogen-bond acceptors (Lipinski definition) is 3. The number of nitro benzene ring substituents is 1. The molecule has 1 amide bonds. The van der Waals surface area contributed by atoms with Gasteiger partial charge >= 0.3 is 0 Å². The number of non-ortho nitro benzene ring substituents is 1. The standard InChI is InChI=1S/C18H20N2O3/c1-4-14-7-5-6-12(2)17(14)19-18(21)13(3)15-8-10-16(11-9-15)20(22)23/h5-11,13H,4H2,1-3H3,(H,19,21). The summed E-state index contributed by atoms with van der Waals surface area (Å²) in [5, 5.41) is 13.7. The van der Waals surface area contributed by atoms with E-state index in [1.165, 1.54) is 12.1 Å². The number of carbonyl (C=O) groups excluding carboxylic acids is 1. The zero-order valence-electron chi connectivity index (χ0n) is 13.5. The molecule has 0 aromatic heterocycles. The van der Waals surface area contributed by atoms with Crippen LogP contribution >= 0.6 is 0 Å². The molecule has 2 rings (SSSR count). The number of amides is 1. The molecule has 23 heavy (non-hydrogen) atoms. The number of anilines is 1. The normalized spacial score (nSPS) is 11.8. The largest absolute Gasteiger partial charge is 0.325 e. The van der Waals surface area contributed by atoms with Gasteiger partial charge < -0.3 is 5.32 Å². The van der Waals surface area contributed by atoms with Gasteiger partial charge in [-0.3, -0.25) is 14.9 Å². The minimum atomic E-state index is -0.449. The Hall–Kier alpha value is -2.69. The molecular formula is C18H20N2O3. The van der Waals surface area contributed by atoms with Gasteiger partial charge in [-0.2, -0.15) is 0 Å². The first-order chi connectivity index (χ1) is 10.9. The maximum Gasteiger partial charge on any atom is 0.269 e. The number of nitro groups is 1. The molecule has 0 aliphatic carbocycles. The lowest BCUT2D eigenvalue weighted by atomic mass is 9.99. The number of para-hydroxylation sites is 1. The summed E-state index contributed by atoms with van der Waals surface area (Å²) in [6, 6.07) is 12.0. The van der Waals surface area contributed by atoms with E-state index in [0.29, 0.717) is 0 Å². The second-order valence-corrected chi connectivity index (χ2v) is 5.52. The van der Waals surface area contributed by atoms with Crippen LogP contribution in [0.4, 0.5) is 11.4 Å². The Morgan fingerprint density at radius 2 is 1.87 bits per heavy atom. The van der Waals surface area contributed by atoms with Crippen molar-refractivity contribution in [2.45, 2.75) is 33.1 Å². The van der Waals surface area contributed by atoms with Crippen LogP contribution in [0, 0.1) is 17.0 Å². The van der Waals surface area contributed by atoms with Crippen molar-refractivity contribution in [3.8, 4) is 0 Å². The third kappa shape index (κ3) is 3.74. The van der Waals surface area contributed by atoms with Crippen molar-refractivity contribution in [1.82, 2.24) is 0 Å². The molecular weight excluding hydrogens is 292 g/mol. The molecule has 0 bridgehead atoms. The Morgan fingerprint density at radius 3 is 2.43 bits per heavy atom. The lowest BCUT2D eigenvalue weighted by Crippen LogP contribution is -2.20. The summed E-state index contributed by atoms with van der Waals surface area (Å²) in [5.41, 5.74) is 3.74. The van der Waals surface area contributed by atoms with E-state index in [1.807, 2.05) is 32.0 Å². The Balaban J connectivity index is 2.19. The number of aryl methyl sites for hydroxylation is 2. The average molecular weight is 312 g/mol. The fourth-order valence-electron chi connectivity index (χ4n) is 2.47. The summed E-state index contributed by atoms with van der Waals surface area (Å²) in [4.78, 5) is 22.7. The van der Waals surface area contributed by atoms with Gasteiger partial charge in [-0.1, -0.05) is 37.3 Å². The molecule has 120 valence electrons. The van der Waals surface area contributed by atoms with Crippen LogP contribution in [0.2, 0.25) is 0 Å². The lowest BCUT2D eigenvalue weighted by Gasteiger charge is -2.16. The number of rotatable bonds is 5. The Labute approximate surface area is 135 Å². The fourth-order valence-corrected chi connectivity index (χ4v) is 2.47. The molecule has 0 aliphatic rings. The van der Waals surface area contributed by atoms with Gasteiger partial charge in [-0.15, -0.1) is 0 Å². The molecule has 0 heterocycles. The average Bonchev–Trinajstić information content (AvgIpc) is 2.55. The highest BCUT2D eigenvalue weighted by Gasteiger charge is 2.18. The van der Waals surface area contributed by atoms with Gasteiger partial charge in [0.25, 0.3) is 5.69 Å². The first kappa shape index (κ1) is 16.7. The third-order valence-electron chi connectivity index (χ3n) is 3.99. The smallest absolute Gasteiger partial charge is 0.269 e. The minimum Gasteiger partial charge on any atom is -0.325 e. The lowest BCUT2D eigenvalue weighted by molar-refractivity contribution is -0.384. The van der Waals surface area contributed by atoms with Crippen LogP contribution in [0.1, 0.15) is 36.5 Å². The van der Waals surface area contributed by atoms with Crippen LogP contribution < -0.4 is 5.32 Å². The van der Waals surface area contributed by atoms with Crippen molar-refractivity contribution >= 4 is 17.3 Å². The van der Waals surface area contributed by atoms with E-state index in [1.54, 1.807) is 19.1 Å². The van der Waals surface area contributed by atoms with Gasteiger partial charge in [0.2, 0.25) is 5.91 Å². The van der Waals surface area contributed by atoms with E-state index in [0.717, 1.165) is 28.8 Å². The topological polar surface area (TPSA) is 72.2 Å². The van der Waals surface area contributed by atoms with E-state index in [2.05, 4.69) is 5.32 Å². The zero-order valence-corrected chi connectivity index (χ0v) is 13.5. The highest BCUT2D eigenvalue weighted by atomic mass is 16.6. The molecule has 0 spiro atoms. The van der Waals surface area contributed by atoms with Crippen molar-refractivity contribution in [3.63, 3.8) is 0 Å². The van der Waals surface area contributed by atoms with Gasteiger partial charge in [0, 0.05) is 17.8 Å². The molecule has 0 saturated carbocycles. The van der Waals surface area contributed by atoms with E-state index < -0.39 is 4.92 Å². The van der Waals surface area contributed by atoms with Crippen LogP contribution in [0.25, 0.3) is 0 Å². The Kier molecular flexibility index (Phi) is 5.11. The van der Waals surface area contributed by atoms with Gasteiger partial charge in [0.15, 0.2) is 0 Å². The van der Waals surface area contributed by atoms with Crippen LogP contribution in [-0.2, 0) is 11.2 Å². The summed E-state index contributed by atoms with van der Waals surface area (Å²) in [7, 11) is 0. The minimum absolute atomic E-state index is 0.0218. The van der Waals surface area contributed by atoms with Crippen molar-refractivity contribution in [1.29, 1.82) is 0 Å². The van der Waals surface area contributed by atoms with Gasteiger partial charge in [-0.25, -0.2) is 0 Å². The number of nitrogens with one attached hydrogen (secondary N) is 1. The fraction of sp³-hybridized carbons (Fsp3) is 0.278. The second kappa shape index (κ2) is 7.05. The monoisotopic (exact) mass is 312 g/mol. The highest BCUT2D eigenvalue weighted by Crippen LogP contribution is 2.25. The first-order valence-electron chi connectivity index (χ1n) is 7.57. The molecule has 1 atom stereocenters. The summed E-state index contributed by atoms with van der Waals surface area (Å²) in [5.74, 6) is -0.511. The van der Waals surface area contributed by atoms with Crippen LogP contribution in [0.3, 0.4) is 0 Å². The van der Waals surface area contributed by atoms with E-state index >= 15 is 0 Å². The van der Waals surface area contributed by atoms with Gasteiger partial charge in [0.1, 0.15) is 0 Å². The summed E-state index contributed by atoms with van der Waals surface area (Å²) in [6.07, 6.45) is 0.837. The number of nitrogens with zero attached hydrogens (tertiary/aromatic N) is 1. The first-order valence-corrected chi connectivity index (χ1v) is 7.57. The van der Waals surface area contributed by atoms with Crippen molar-refractivity contribution in [3.05, 3.63) is 69.3 Å². The molecule has 2 aromatic carbocycles. The molecule has 1 unspecified atom stereocenters. The van der Waals surface area contributed by atoms with Crippen molar-refractivity contribution in [2.24, 2.45) is 0 Å². The van der Waals surface area contributed by atoms with Gasteiger partial charge in [-0.05, 0) is 37.0 Å². The summed E-state index contributed by atoms with van der Waals surface area (Å²) < 4.78 is 0. The zero-order chi connectivity index (χ0) is 17.0. The Morgan fingerprint density at radius 1 is 1.22 bits per heavy atom. The Bertz CT molecular complexity index is 724. The predicted molar refractivity (Wildman–Crippen MR) is 90.7 cm³/mol. The number of hydrogen-bond donors (Lipinski definition) is 1. The maximum atomic E-state index is 12.5. The molecule has 0 fully saturated rings. The predicted octanol–water partition coefficient (Wildman–Crippen LogP) is 4.21. The van der Waals surface area contributed by atoms with Crippen LogP contribution in [0.5, 0.6) is 0 Å². The van der Waals surface area contributed by atoms with E-state index in [-0.39, 0.29) is 17.5 Å². The second-order valence-electron chi connectivity index (χ2n) is 5.52. The molecule has 1 N–H and O–H groups in total. The summed E-state index contributed by atoms with van der Waals surface area (Å²) >= 11 is 0. The summed E-state index contributed by atoms with van der Waals surface area (Å²) in [6.45, 7) is 5.80. The maximum absolute atomic E-state index is 12.5. The van der Waals surface area contributed by atoms with E-state index in [9.17, 15) is 14.9 Å². The quantitative estimate of drug-likeness (QED) is 0.664. The van der Waals surface area contributed by atoms with Crippen LogP contribution in [-0.4, -0.2) is 10.8 Å². The molecule has 5 heteroatoms. The number of benzene rings is 2. The van der Waals surface area contributed by atoms with E-state index in [4.69, 9.17) is 0 Å². The molecule has 0 aliphatic heterocycles. The molecule has 0 saturated heterocycles. The number of carbonyl (C=O) groups is 1. The van der Waals surface area contributed by atoms with Gasteiger partial charge in [0.05, 0.1) is 10.8 Å². The third-order valence-corrected chi connectivity index (χ3v) is 3.99. The van der Waals surface area contributed by atoms with Crippen molar-refractivity contribution < 1.29 is 9.72 Å². The molecule has 2 aromatic rings. The van der Waals surface area contributed by atoms with Crippen molar-refractivity contribution in [2.75, 3.05) is 5.32 Å².